The summed E-state index contributed by atoms with van der Waals surface area (Å²) in [5.41, 5.74) is 0. The molecule has 1 fully saturated rings. The van der Waals surface area contributed by atoms with Crippen LogP contribution >= 0.6 is 0 Å². The Hall–Kier alpha value is -1.47. The van der Waals surface area contributed by atoms with Gasteiger partial charge in [0.1, 0.15) is 18.2 Å². The van der Waals surface area contributed by atoms with Crippen LogP contribution in [0.4, 0.5) is 0 Å². The Morgan fingerprint density at radius 1 is 1.67 bits per heavy atom. The number of ether oxygens (including phenoxy) is 1. The summed E-state index contributed by atoms with van der Waals surface area (Å²) in [7, 11) is 0. The third-order valence-corrected chi connectivity index (χ3v) is 3.00. The number of hydrogen-bond donors (Lipinski definition) is 1. The number of carboxylic acids is 1. The lowest BCUT2D eigenvalue weighted by Gasteiger charge is -2.32. The lowest BCUT2D eigenvalue weighted by Crippen LogP contribution is -2.49. The van der Waals surface area contributed by atoms with Crippen LogP contribution in [-0.4, -0.2) is 56.5 Å². The third kappa shape index (κ3) is 2.85. The molecule has 1 aromatic rings. The number of rotatable bonds is 5. The third-order valence-electron chi connectivity index (χ3n) is 3.00. The molecule has 1 aliphatic rings. The maximum absolute atomic E-state index is 11.1. The van der Waals surface area contributed by atoms with Crippen molar-refractivity contribution < 1.29 is 14.6 Å². The van der Waals surface area contributed by atoms with Gasteiger partial charge >= 0.3 is 5.97 Å². The van der Waals surface area contributed by atoms with Crippen molar-refractivity contribution in [1.82, 2.24) is 19.7 Å². The van der Waals surface area contributed by atoms with Crippen molar-refractivity contribution in [3.05, 3.63) is 12.2 Å². The van der Waals surface area contributed by atoms with Gasteiger partial charge in [-0.2, -0.15) is 5.10 Å². The molecular formula is C11H18N4O3. The van der Waals surface area contributed by atoms with Crippen LogP contribution in [0.3, 0.4) is 0 Å². The second-order valence-electron chi connectivity index (χ2n) is 4.30. The summed E-state index contributed by atoms with van der Waals surface area (Å²) in [5.74, 6) is -0.0405. The molecule has 1 aliphatic heterocycles. The molecule has 1 saturated heterocycles. The van der Waals surface area contributed by atoms with Crippen LogP contribution < -0.4 is 0 Å². The number of aliphatic carboxylic acids is 1. The molecule has 1 aromatic heterocycles. The van der Waals surface area contributed by atoms with E-state index < -0.39 is 12.0 Å². The molecule has 1 atom stereocenters. The SMILES string of the molecule is CCCn1ncnc1CN1CCOCC1C(=O)O. The van der Waals surface area contributed by atoms with E-state index in [1.165, 1.54) is 6.33 Å². The Bertz CT molecular complexity index is 407. The number of aryl methyl sites for hydroxylation is 1. The van der Waals surface area contributed by atoms with Crippen molar-refractivity contribution in [2.45, 2.75) is 32.5 Å². The summed E-state index contributed by atoms with van der Waals surface area (Å²) in [4.78, 5) is 17.2. The Morgan fingerprint density at radius 2 is 2.50 bits per heavy atom. The second kappa shape index (κ2) is 5.92. The monoisotopic (exact) mass is 254 g/mol. The molecule has 18 heavy (non-hydrogen) atoms. The standard InChI is InChI=1S/C11H18N4O3/c1-2-3-15-10(12-8-13-15)6-14-4-5-18-7-9(14)11(16)17/h8-9H,2-7H2,1H3,(H,16,17). The van der Waals surface area contributed by atoms with E-state index in [0.717, 1.165) is 18.8 Å². The van der Waals surface area contributed by atoms with Crippen molar-refractivity contribution >= 4 is 5.97 Å². The molecule has 2 heterocycles. The highest BCUT2D eigenvalue weighted by molar-refractivity contribution is 5.73. The van der Waals surface area contributed by atoms with Crippen molar-refractivity contribution in [1.29, 1.82) is 0 Å². The predicted molar refractivity (Wildman–Crippen MR) is 63.0 cm³/mol. The Kier molecular flexibility index (Phi) is 4.27. The van der Waals surface area contributed by atoms with E-state index in [1.54, 1.807) is 0 Å². The van der Waals surface area contributed by atoms with E-state index in [2.05, 4.69) is 17.0 Å². The molecule has 7 nitrogen and oxygen atoms in total. The molecule has 7 heteroatoms. The number of carbonyl (C=O) groups is 1. The van der Waals surface area contributed by atoms with E-state index in [1.807, 2.05) is 9.58 Å². The van der Waals surface area contributed by atoms with Gasteiger partial charge in [0.05, 0.1) is 19.8 Å². The normalized spacial score (nSPS) is 21.1. The summed E-state index contributed by atoms with van der Waals surface area (Å²) in [6, 6.07) is -0.592. The van der Waals surface area contributed by atoms with Crippen LogP contribution in [0.1, 0.15) is 19.2 Å². The van der Waals surface area contributed by atoms with Gasteiger partial charge in [0.15, 0.2) is 0 Å². The molecule has 0 spiro atoms. The van der Waals surface area contributed by atoms with Gasteiger partial charge in [-0.15, -0.1) is 0 Å². The van der Waals surface area contributed by atoms with E-state index in [0.29, 0.717) is 19.7 Å². The van der Waals surface area contributed by atoms with Crippen LogP contribution in [0.5, 0.6) is 0 Å². The van der Waals surface area contributed by atoms with Gasteiger partial charge in [0.2, 0.25) is 0 Å². The van der Waals surface area contributed by atoms with Gasteiger partial charge < -0.3 is 9.84 Å². The van der Waals surface area contributed by atoms with E-state index >= 15 is 0 Å². The van der Waals surface area contributed by atoms with Crippen molar-refractivity contribution in [3.8, 4) is 0 Å². The molecule has 0 amide bonds. The first kappa shape index (κ1) is 13.0. The van der Waals surface area contributed by atoms with Crippen LogP contribution in [0, 0.1) is 0 Å². The molecule has 2 rings (SSSR count). The quantitative estimate of drug-likeness (QED) is 0.795. The number of aromatic nitrogens is 3. The number of carboxylic acid groups (broad SMARTS) is 1. The van der Waals surface area contributed by atoms with Crippen LogP contribution in [-0.2, 0) is 22.6 Å². The van der Waals surface area contributed by atoms with Gasteiger partial charge in [-0.3, -0.25) is 9.69 Å². The van der Waals surface area contributed by atoms with Gasteiger partial charge in [-0.1, -0.05) is 6.92 Å². The van der Waals surface area contributed by atoms with Crippen molar-refractivity contribution in [3.63, 3.8) is 0 Å². The molecule has 100 valence electrons. The predicted octanol–water partition coefficient (Wildman–Crippen LogP) is -0.0265. The fraction of sp³-hybridized carbons (Fsp3) is 0.727. The highest BCUT2D eigenvalue weighted by atomic mass is 16.5. The molecule has 1 unspecified atom stereocenters. The fourth-order valence-electron chi connectivity index (χ4n) is 2.05. The minimum Gasteiger partial charge on any atom is -0.480 e. The second-order valence-corrected chi connectivity index (χ2v) is 4.30. The van der Waals surface area contributed by atoms with E-state index in [-0.39, 0.29) is 6.61 Å². The average Bonchev–Trinajstić information content (AvgIpc) is 2.78. The van der Waals surface area contributed by atoms with Gasteiger partial charge in [-0.05, 0) is 6.42 Å². The Balaban J connectivity index is 2.06. The molecule has 0 aliphatic carbocycles. The van der Waals surface area contributed by atoms with Crippen LogP contribution in [0.25, 0.3) is 0 Å². The molecule has 0 radical (unpaired) electrons. The van der Waals surface area contributed by atoms with Crippen LogP contribution in [0.2, 0.25) is 0 Å². The summed E-state index contributed by atoms with van der Waals surface area (Å²) < 4.78 is 7.03. The molecule has 0 bridgehead atoms. The molecule has 0 aromatic carbocycles. The first-order valence-corrected chi connectivity index (χ1v) is 6.13. The molecule has 0 saturated carbocycles. The molecular weight excluding hydrogens is 236 g/mol. The minimum atomic E-state index is -0.851. The first-order chi connectivity index (χ1) is 8.72. The topological polar surface area (TPSA) is 80.5 Å². The van der Waals surface area contributed by atoms with E-state index in [4.69, 9.17) is 9.84 Å². The maximum Gasteiger partial charge on any atom is 0.323 e. The summed E-state index contributed by atoms with van der Waals surface area (Å²) in [6.07, 6.45) is 2.49. The minimum absolute atomic E-state index is 0.233. The summed E-state index contributed by atoms with van der Waals surface area (Å²) >= 11 is 0. The van der Waals surface area contributed by atoms with Crippen LogP contribution in [0.15, 0.2) is 6.33 Å². The zero-order valence-electron chi connectivity index (χ0n) is 10.4. The number of hydrogen-bond acceptors (Lipinski definition) is 5. The Labute approximate surface area is 105 Å². The smallest absolute Gasteiger partial charge is 0.323 e. The number of nitrogens with zero attached hydrogens (tertiary/aromatic N) is 4. The molecule has 1 N–H and O–H groups in total. The highest BCUT2D eigenvalue weighted by Crippen LogP contribution is 2.11. The van der Waals surface area contributed by atoms with Gasteiger partial charge in [-0.25, -0.2) is 9.67 Å². The first-order valence-electron chi connectivity index (χ1n) is 6.13. The zero-order valence-corrected chi connectivity index (χ0v) is 10.4. The summed E-state index contributed by atoms with van der Waals surface area (Å²) in [5, 5.41) is 13.3. The largest absolute Gasteiger partial charge is 0.480 e. The highest BCUT2D eigenvalue weighted by Gasteiger charge is 2.30. The van der Waals surface area contributed by atoms with E-state index in [9.17, 15) is 4.79 Å². The van der Waals surface area contributed by atoms with Crippen molar-refractivity contribution in [2.75, 3.05) is 19.8 Å². The number of morpholine rings is 1. The maximum atomic E-state index is 11.1. The fourth-order valence-corrected chi connectivity index (χ4v) is 2.05. The average molecular weight is 254 g/mol. The van der Waals surface area contributed by atoms with Gasteiger partial charge in [0.25, 0.3) is 0 Å². The zero-order chi connectivity index (χ0) is 13.0. The Morgan fingerprint density at radius 3 is 3.22 bits per heavy atom. The van der Waals surface area contributed by atoms with Crippen molar-refractivity contribution in [2.24, 2.45) is 0 Å². The summed E-state index contributed by atoms with van der Waals surface area (Å²) in [6.45, 7) is 4.77. The lowest BCUT2D eigenvalue weighted by atomic mass is 10.2. The van der Waals surface area contributed by atoms with Gasteiger partial charge in [0, 0.05) is 13.1 Å². The lowest BCUT2D eigenvalue weighted by molar-refractivity contribution is -0.150.